The topological polar surface area (TPSA) is 76.9 Å². The summed E-state index contributed by atoms with van der Waals surface area (Å²) in [5.74, 6) is -0.0805. The quantitative estimate of drug-likeness (QED) is 0.678. The molecule has 0 aliphatic rings. The molecule has 0 unspecified atom stereocenters. The van der Waals surface area contributed by atoms with Crippen LogP contribution in [-0.2, 0) is 16.6 Å². The lowest BCUT2D eigenvalue weighted by molar-refractivity contribution is 0.600. The third-order valence-corrected chi connectivity index (χ3v) is 5.65. The Morgan fingerprint density at radius 1 is 1.04 bits per heavy atom. The molecular weight excluding hydrogens is 407 g/mol. The van der Waals surface area contributed by atoms with Crippen molar-refractivity contribution in [1.82, 2.24) is 14.8 Å². The van der Waals surface area contributed by atoms with E-state index in [0.717, 1.165) is 5.56 Å². The molecule has 0 aliphatic heterocycles. The molecule has 25 heavy (non-hydrogen) atoms. The number of halogens is 3. The second kappa shape index (κ2) is 7.21. The summed E-state index contributed by atoms with van der Waals surface area (Å²) in [6.07, 6.45) is 1.40. The van der Waals surface area contributed by atoms with Crippen molar-refractivity contribution in [2.24, 2.45) is 0 Å². The predicted molar refractivity (Wildman–Crippen MR) is 97.8 cm³/mol. The number of nitrogens with zero attached hydrogens (tertiary/aromatic N) is 3. The number of aromatic nitrogens is 3. The Labute approximate surface area is 159 Å². The van der Waals surface area contributed by atoms with E-state index in [0.29, 0.717) is 11.6 Å². The van der Waals surface area contributed by atoms with Crippen LogP contribution >= 0.6 is 34.8 Å². The summed E-state index contributed by atoms with van der Waals surface area (Å²) in [7, 11) is -3.96. The fraction of sp³-hybridized carbons (Fsp3) is 0.0667. The highest BCUT2D eigenvalue weighted by Gasteiger charge is 2.20. The van der Waals surface area contributed by atoms with Gasteiger partial charge in [-0.25, -0.2) is 17.8 Å². The molecule has 0 fully saturated rings. The molecule has 0 spiro atoms. The number of hydrogen-bond donors (Lipinski definition) is 1. The first kappa shape index (κ1) is 18.0. The van der Waals surface area contributed by atoms with Crippen LogP contribution in [0.15, 0.2) is 53.7 Å². The van der Waals surface area contributed by atoms with Gasteiger partial charge in [0.1, 0.15) is 11.2 Å². The Kier molecular flexibility index (Phi) is 5.19. The number of anilines is 1. The van der Waals surface area contributed by atoms with E-state index in [2.05, 4.69) is 14.8 Å². The van der Waals surface area contributed by atoms with E-state index in [4.69, 9.17) is 34.8 Å². The van der Waals surface area contributed by atoms with Gasteiger partial charge in [-0.2, -0.15) is 4.98 Å². The highest BCUT2D eigenvalue weighted by Crippen LogP contribution is 2.26. The van der Waals surface area contributed by atoms with E-state index in [9.17, 15) is 8.42 Å². The first-order valence-corrected chi connectivity index (χ1v) is 9.57. The molecule has 3 aromatic rings. The fourth-order valence-corrected chi connectivity index (χ4v) is 3.98. The lowest BCUT2D eigenvalue weighted by Crippen LogP contribution is -2.15. The zero-order valence-electron chi connectivity index (χ0n) is 12.5. The largest absolute Gasteiger partial charge is 0.265 e. The molecule has 10 heteroatoms. The van der Waals surface area contributed by atoms with E-state index in [-0.39, 0.29) is 20.9 Å². The molecule has 1 N–H and O–H groups in total. The van der Waals surface area contributed by atoms with Gasteiger partial charge in [0.05, 0.1) is 11.6 Å². The predicted octanol–water partition coefficient (Wildman–Crippen LogP) is 4.09. The van der Waals surface area contributed by atoms with Crippen LogP contribution in [0.25, 0.3) is 0 Å². The molecule has 2 aromatic carbocycles. The highest BCUT2D eigenvalue weighted by molar-refractivity contribution is 7.92. The Bertz CT molecular complexity index is 1020. The Hall–Kier alpha value is -1.80. The molecule has 0 atom stereocenters. The van der Waals surface area contributed by atoms with Crippen molar-refractivity contribution in [3.05, 3.63) is 69.4 Å². The van der Waals surface area contributed by atoms with Crippen molar-refractivity contribution in [3.63, 3.8) is 0 Å². The Morgan fingerprint density at radius 2 is 1.80 bits per heavy atom. The maximum absolute atomic E-state index is 12.4. The maximum Gasteiger partial charge on any atom is 0.265 e. The average Bonchev–Trinajstić information content (AvgIpc) is 2.98. The minimum atomic E-state index is -3.96. The molecule has 0 bridgehead atoms. The molecule has 1 heterocycles. The van der Waals surface area contributed by atoms with Crippen LogP contribution < -0.4 is 4.72 Å². The van der Waals surface area contributed by atoms with Gasteiger partial charge >= 0.3 is 0 Å². The standard InChI is InChI=1S/C15H11Cl3N4O2S/c16-11-5-6-13(18)14(7-11)25(23,24)21-15-19-9-22(20-15)8-10-3-1-2-4-12(10)17/h1-7,9H,8H2,(H,20,21). The third-order valence-electron chi connectivity index (χ3n) is 3.24. The van der Waals surface area contributed by atoms with Crippen molar-refractivity contribution in [3.8, 4) is 0 Å². The summed E-state index contributed by atoms with van der Waals surface area (Å²) in [5, 5.41) is 4.98. The van der Waals surface area contributed by atoms with E-state index in [1.807, 2.05) is 18.2 Å². The van der Waals surface area contributed by atoms with Crippen LogP contribution in [0.4, 0.5) is 5.95 Å². The molecule has 0 amide bonds. The summed E-state index contributed by atoms with van der Waals surface area (Å²) in [6.45, 7) is 0.353. The van der Waals surface area contributed by atoms with Gasteiger partial charge in [0.2, 0.25) is 0 Å². The highest BCUT2D eigenvalue weighted by atomic mass is 35.5. The zero-order chi connectivity index (χ0) is 18.0. The Morgan fingerprint density at radius 3 is 2.56 bits per heavy atom. The minimum absolute atomic E-state index is 0.0485. The lowest BCUT2D eigenvalue weighted by atomic mass is 10.2. The number of rotatable bonds is 5. The number of hydrogen-bond acceptors (Lipinski definition) is 4. The van der Waals surface area contributed by atoms with Crippen LogP contribution in [0, 0.1) is 0 Å². The lowest BCUT2D eigenvalue weighted by Gasteiger charge is -2.07. The van der Waals surface area contributed by atoms with Crippen molar-refractivity contribution < 1.29 is 8.42 Å². The van der Waals surface area contributed by atoms with Crippen LogP contribution in [0.1, 0.15) is 5.56 Å². The van der Waals surface area contributed by atoms with Gasteiger partial charge in [-0.05, 0) is 29.8 Å². The molecule has 3 rings (SSSR count). The molecule has 130 valence electrons. The molecule has 6 nitrogen and oxygen atoms in total. The third kappa shape index (κ3) is 4.24. The molecular formula is C15H11Cl3N4O2S. The normalized spacial score (nSPS) is 11.5. The van der Waals surface area contributed by atoms with Gasteiger partial charge in [-0.1, -0.05) is 53.0 Å². The summed E-state index contributed by atoms with van der Waals surface area (Å²) < 4.78 is 28.6. The molecule has 0 saturated carbocycles. The van der Waals surface area contributed by atoms with Gasteiger partial charge in [-0.15, -0.1) is 5.10 Å². The summed E-state index contributed by atoms with van der Waals surface area (Å²) in [4.78, 5) is 3.80. The van der Waals surface area contributed by atoms with Gasteiger partial charge in [0.15, 0.2) is 0 Å². The minimum Gasteiger partial charge on any atom is -0.246 e. The molecule has 1 aromatic heterocycles. The van der Waals surface area contributed by atoms with Gasteiger partial charge in [0.25, 0.3) is 16.0 Å². The average molecular weight is 418 g/mol. The molecule has 0 aliphatic carbocycles. The van der Waals surface area contributed by atoms with E-state index >= 15 is 0 Å². The number of sulfonamides is 1. The van der Waals surface area contributed by atoms with Crippen molar-refractivity contribution >= 4 is 50.8 Å². The van der Waals surface area contributed by atoms with Crippen LogP contribution in [0.2, 0.25) is 15.1 Å². The van der Waals surface area contributed by atoms with Crippen LogP contribution in [0.5, 0.6) is 0 Å². The zero-order valence-corrected chi connectivity index (χ0v) is 15.6. The fourth-order valence-electron chi connectivity index (χ4n) is 2.08. The smallest absolute Gasteiger partial charge is 0.246 e. The van der Waals surface area contributed by atoms with Gasteiger partial charge < -0.3 is 0 Å². The van der Waals surface area contributed by atoms with E-state index < -0.39 is 10.0 Å². The van der Waals surface area contributed by atoms with Crippen LogP contribution in [-0.4, -0.2) is 23.2 Å². The first-order valence-electron chi connectivity index (χ1n) is 6.96. The first-order chi connectivity index (χ1) is 11.8. The van der Waals surface area contributed by atoms with E-state index in [1.54, 1.807) is 6.07 Å². The Balaban J connectivity index is 1.81. The second-order valence-corrected chi connectivity index (χ2v) is 7.94. The van der Waals surface area contributed by atoms with Crippen molar-refractivity contribution in [2.75, 3.05) is 4.72 Å². The summed E-state index contributed by atoms with van der Waals surface area (Å²) in [6, 6.07) is 11.4. The van der Waals surface area contributed by atoms with Crippen molar-refractivity contribution in [1.29, 1.82) is 0 Å². The molecule has 0 saturated heterocycles. The van der Waals surface area contributed by atoms with Crippen molar-refractivity contribution in [2.45, 2.75) is 11.4 Å². The maximum atomic E-state index is 12.4. The second-order valence-electron chi connectivity index (χ2n) is 5.04. The summed E-state index contributed by atoms with van der Waals surface area (Å²) >= 11 is 17.9. The number of nitrogens with one attached hydrogen (secondary N) is 1. The monoisotopic (exact) mass is 416 g/mol. The number of benzene rings is 2. The SMILES string of the molecule is O=S(=O)(Nc1ncn(Cc2ccccc2Cl)n1)c1cc(Cl)ccc1Cl. The van der Waals surface area contributed by atoms with Crippen LogP contribution in [0.3, 0.4) is 0 Å². The van der Waals surface area contributed by atoms with E-state index in [1.165, 1.54) is 29.2 Å². The van der Waals surface area contributed by atoms with Gasteiger partial charge in [0, 0.05) is 10.0 Å². The van der Waals surface area contributed by atoms with Gasteiger partial charge in [-0.3, -0.25) is 0 Å². The molecule has 0 radical (unpaired) electrons. The summed E-state index contributed by atoms with van der Waals surface area (Å²) in [5.41, 5.74) is 0.835.